The standard InChI is InChI=1S/C14H18N2O2/c17-14(16-10-5-7-15-9-10)12-6-8-18-13-4-2-1-3-11(12)13/h1-4,10,12,15H,5-9H2,(H,16,17)/t10-,12?/m0/s1. The maximum absolute atomic E-state index is 12.3. The van der Waals surface area contributed by atoms with E-state index in [-0.39, 0.29) is 17.9 Å². The third-order valence-corrected chi connectivity index (χ3v) is 3.68. The lowest BCUT2D eigenvalue weighted by Crippen LogP contribution is -2.40. The van der Waals surface area contributed by atoms with Gasteiger partial charge in [-0.3, -0.25) is 4.79 Å². The first-order valence-electron chi connectivity index (χ1n) is 6.57. The summed E-state index contributed by atoms with van der Waals surface area (Å²) in [5.74, 6) is 0.934. The van der Waals surface area contributed by atoms with E-state index in [2.05, 4.69) is 10.6 Å². The van der Waals surface area contributed by atoms with Gasteiger partial charge in [0.25, 0.3) is 0 Å². The number of amides is 1. The number of carbonyl (C=O) groups excluding carboxylic acids is 1. The number of para-hydroxylation sites is 1. The van der Waals surface area contributed by atoms with Crippen LogP contribution in [0.15, 0.2) is 24.3 Å². The van der Waals surface area contributed by atoms with Crippen molar-refractivity contribution in [2.45, 2.75) is 24.8 Å². The molecule has 1 amide bonds. The molecular weight excluding hydrogens is 228 g/mol. The van der Waals surface area contributed by atoms with Crippen LogP contribution in [0.5, 0.6) is 5.75 Å². The molecule has 2 aliphatic heterocycles. The highest BCUT2D eigenvalue weighted by molar-refractivity contribution is 5.85. The van der Waals surface area contributed by atoms with Gasteiger partial charge in [0.15, 0.2) is 0 Å². The zero-order valence-electron chi connectivity index (χ0n) is 10.3. The van der Waals surface area contributed by atoms with Crippen molar-refractivity contribution in [2.75, 3.05) is 19.7 Å². The van der Waals surface area contributed by atoms with Gasteiger partial charge < -0.3 is 15.4 Å². The van der Waals surface area contributed by atoms with Crippen LogP contribution < -0.4 is 15.4 Å². The van der Waals surface area contributed by atoms with Crippen molar-refractivity contribution in [1.29, 1.82) is 0 Å². The molecule has 2 N–H and O–H groups in total. The predicted molar refractivity (Wildman–Crippen MR) is 68.7 cm³/mol. The van der Waals surface area contributed by atoms with Crippen molar-refractivity contribution in [3.8, 4) is 5.75 Å². The van der Waals surface area contributed by atoms with E-state index in [0.29, 0.717) is 6.61 Å². The van der Waals surface area contributed by atoms with Gasteiger partial charge in [0.1, 0.15) is 5.75 Å². The molecule has 1 aromatic carbocycles. The summed E-state index contributed by atoms with van der Waals surface area (Å²) >= 11 is 0. The summed E-state index contributed by atoms with van der Waals surface area (Å²) in [7, 11) is 0. The Morgan fingerprint density at radius 1 is 1.33 bits per heavy atom. The number of ether oxygens (including phenoxy) is 1. The molecule has 96 valence electrons. The topological polar surface area (TPSA) is 50.4 Å². The summed E-state index contributed by atoms with van der Waals surface area (Å²) < 4.78 is 5.58. The molecule has 3 rings (SSSR count). The Morgan fingerprint density at radius 2 is 2.22 bits per heavy atom. The van der Waals surface area contributed by atoms with Crippen LogP contribution in [-0.2, 0) is 4.79 Å². The zero-order valence-corrected chi connectivity index (χ0v) is 10.3. The Morgan fingerprint density at radius 3 is 3.06 bits per heavy atom. The fourth-order valence-corrected chi connectivity index (χ4v) is 2.69. The molecule has 4 heteroatoms. The van der Waals surface area contributed by atoms with Crippen molar-refractivity contribution in [2.24, 2.45) is 0 Å². The van der Waals surface area contributed by atoms with Crippen LogP contribution in [-0.4, -0.2) is 31.6 Å². The molecule has 1 unspecified atom stereocenters. The molecule has 18 heavy (non-hydrogen) atoms. The van der Waals surface area contributed by atoms with Crippen LogP contribution >= 0.6 is 0 Å². The van der Waals surface area contributed by atoms with Crippen molar-refractivity contribution in [1.82, 2.24) is 10.6 Å². The minimum Gasteiger partial charge on any atom is -0.493 e. The Hall–Kier alpha value is -1.55. The average molecular weight is 246 g/mol. The minimum atomic E-state index is -0.0597. The molecule has 2 aliphatic rings. The minimum absolute atomic E-state index is 0.0597. The maximum atomic E-state index is 12.3. The number of hydrogen-bond acceptors (Lipinski definition) is 3. The lowest BCUT2D eigenvalue weighted by atomic mass is 9.92. The number of carbonyl (C=O) groups is 1. The van der Waals surface area contributed by atoms with Gasteiger partial charge in [-0.2, -0.15) is 0 Å². The summed E-state index contributed by atoms with van der Waals surface area (Å²) in [5, 5.41) is 6.39. The third kappa shape index (κ3) is 2.20. The fraction of sp³-hybridized carbons (Fsp3) is 0.500. The monoisotopic (exact) mass is 246 g/mol. The van der Waals surface area contributed by atoms with E-state index in [9.17, 15) is 4.79 Å². The molecule has 4 nitrogen and oxygen atoms in total. The Bertz CT molecular complexity index is 441. The molecule has 2 heterocycles. The van der Waals surface area contributed by atoms with Crippen LogP contribution in [0, 0.1) is 0 Å². The van der Waals surface area contributed by atoms with Crippen molar-refractivity contribution < 1.29 is 9.53 Å². The van der Waals surface area contributed by atoms with Crippen LogP contribution in [0.4, 0.5) is 0 Å². The zero-order chi connectivity index (χ0) is 12.4. The first-order chi connectivity index (χ1) is 8.84. The second kappa shape index (κ2) is 4.98. The molecule has 0 saturated carbocycles. The molecule has 2 atom stereocenters. The van der Waals surface area contributed by atoms with E-state index in [1.807, 2.05) is 24.3 Å². The van der Waals surface area contributed by atoms with Crippen LogP contribution in [0.3, 0.4) is 0 Å². The van der Waals surface area contributed by atoms with E-state index >= 15 is 0 Å². The summed E-state index contributed by atoms with van der Waals surface area (Å²) in [4.78, 5) is 12.3. The number of benzene rings is 1. The number of rotatable bonds is 2. The fourth-order valence-electron chi connectivity index (χ4n) is 2.69. The highest BCUT2D eigenvalue weighted by Crippen LogP contribution is 2.33. The van der Waals surface area contributed by atoms with Crippen LogP contribution in [0.1, 0.15) is 24.3 Å². The SMILES string of the molecule is O=C(N[C@H]1CCNC1)C1CCOc2ccccc21. The summed E-state index contributed by atoms with van der Waals surface area (Å²) in [5.41, 5.74) is 1.02. The maximum Gasteiger partial charge on any atom is 0.228 e. The van der Waals surface area contributed by atoms with Gasteiger partial charge in [-0.25, -0.2) is 0 Å². The van der Waals surface area contributed by atoms with Crippen molar-refractivity contribution in [3.63, 3.8) is 0 Å². The molecule has 1 fully saturated rings. The first kappa shape index (κ1) is 11.5. The highest BCUT2D eigenvalue weighted by atomic mass is 16.5. The van der Waals surface area contributed by atoms with E-state index in [0.717, 1.165) is 37.2 Å². The summed E-state index contributed by atoms with van der Waals surface area (Å²) in [6.45, 7) is 2.50. The van der Waals surface area contributed by atoms with Crippen molar-refractivity contribution >= 4 is 5.91 Å². The summed E-state index contributed by atoms with van der Waals surface area (Å²) in [6.07, 6.45) is 1.79. The molecule has 0 aromatic heterocycles. The number of fused-ring (bicyclic) bond motifs is 1. The Labute approximate surface area is 107 Å². The van der Waals surface area contributed by atoms with Crippen LogP contribution in [0.25, 0.3) is 0 Å². The second-order valence-corrected chi connectivity index (χ2v) is 4.93. The third-order valence-electron chi connectivity index (χ3n) is 3.68. The molecule has 0 bridgehead atoms. The molecule has 0 spiro atoms. The normalized spacial score (nSPS) is 26.2. The first-order valence-corrected chi connectivity index (χ1v) is 6.57. The largest absolute Gasteiger partial charge is 0.493 e. The second-order valence-electron chi connectivity index (χ2n) is 4.93. The Kier molecular flexibility index (Phi) is 3.19. The lowest BCUT2D eigenvalue weighted by Gasteiger charge is -2.26. The van der Waals surface area contributed by atoms with Gasteiger partial charge in [0.05, 0.1) is 12.5 Å². The van der Waals surface area contributed by atoms with Gasteiger partial charge in [0, 0.05) is 18.2 Å². The van der Waals surface area contributed by atoms with Gasteiger partial charge >= 0.3 is 0 Å². The van der Waals surface area contributed by atoms with Gasteiger partial charge in [-0.1, -0.05) is 18.2 Å². The van der Waals surface area contributed by atoms with Crippen LogP contribution in [0.2, 0.25) is 0 Å². The number of nitrogens with one attached hydrogen (secondary N) is 2. The highest BCUT2D eigenvalue weighted by Gasteiger charge is 2.29. The number of hydrogen-bond donors (Lipinski definition) is 2. The van der Waals surface area contributed by atoms with E-state index in [1.54, 1.807) is 0 Å². The molecule has 0 aliphatic carbocycles. The van der Waals surface area contributed by atoms with Gasteiger partial charge in [0.2, 0.25) is 5.91 Å². The quantitative estimate of drug-likeness (QED) is 0.819. The lowest BCUT2D eigenvalue weighted by molar-refractivity contribution is -0.123. The predicted octanol–water partition coefficient (Wildman–Crippen LogP) is 1.03. The average Bonchev–Trinajstić information content (AvgIpc) is 2.91. The van der Waals surface area contributed by atoms with E-state index < -0.39 is 0 Å². The molecule has 1 saturated heterocycles. The Balaban J connectivity index is 1.74. The molecule has 0 radical (unpaired) electrons. The van der Waals surface area contributed by atoms with E-state index in [4.69, 9.17) is 4.74 Å². The van der Waals surface area contributed by atoms with Crippen molar-refractivity contribution in [3.05, 3.63) is 29.8 Å². The van der Waals surface area contributed by atoms with E-state index in [1.165, 1.54) is 0 Å². The summed E-state index contributed by atoms with van der Waals surface area (Å²) in [6, 6.07) is 8.12. The van der Waals surface area contributed by atoms with Gasteiger partial charge in [-0.15, -0.1) is 0 Å². The molecule has 1 aromatic rings. The van der Waals surface area contributed by atoms with Gasteiger partial charge in [-0.05, 0) is 25.5 Å². The molecular formula is C14H18N2O2. The smallest absolute Gasteiger partial charge is 0.228 e.